The zero-order valence-corrected chi connectivity index (χ0v) is 7.46. The summed E-state index contributed by atoms with van der Waals surface area (Å²) in [6.45, 7) is 2.77. The van der Waals surface area contributed by atoms with Gasteiger partial charge in [-0.05, 0) is 25.2 Å². The molecule has 0 spiro atoms. The summed E-state index contributed by atoms with van der Waals surface area (Å²) in [5.74, 6) is 0.764. The minimum Gasteiger partial charge on any atom is -0.379 e. The van der Waals surface area contributed by atoms with Crippen LogP contribution in [0, 0.1) is 5.92 Å². The van der Waals surface area contributed by atoms with E-state index in [1.54, 1.807) is 0 Å². The van der Waals surface area contributed by atoms with Gasteiger partial charge in [0, 0.05) is 18.6 Å². The van der Waals surface area contributed by atoms with Gasteiger partial charge in [0.2, 0.25) is 0 Å². The third-order valence-corrected chi connectivity index (χ3v) is 3.03. The van der Waals surface area contributed by atoms with Crippen molar-refractivity contribution in [1.29, 1.82) is 0 Å². The Balaban J connectivity index is 1.83. The van der Waals surface area contributed by atoms with Crippen molar-refractivity contribution < 1.29 is 4.74 Å². The third kappa shape index (κ3) is 1.79. The third-order valence-electron chi connectivity index (χ3n) is 3.03. The van der Waals surface area contributed by atoms with Gasteiger partial charge in [-0.3, -0.25) is 0 Å². The SMILES string of the molecule is NC1CCC(C2COCCN2)C1. The highest BCUT2D eigenvalue weighted by molar-refractivity contribution is 4.87. The molecule has 0 radical (unpaired) electrons. The molecular weight excluding hydrogens is 152 g/mol. The lowest BCUT2D eigenvalue weighted by Gasteiger charge is -2.28. The van der Waals surface area contributed by atoms with E-state index in [0.717, 1.165) is 25.7 Å². The van der Waals surface area contributed by atoms with Crippen molar-refractivity contribution in [2.45, 2.75) is 31.3 Å². The molecule has 2 aliphatic rings. The normalized spacial score (nSPS) is 43.2. The molecule has 0 bridgehead atoms. The molecule has 2 fully saturated rings. The van der Waals surface area contributed by atoms with Gasteiger partial charge in [-0.1, -0.05) is 0 Å². The van der Waals surface area contributed by atoms with E-state index in [0.29, 0.717) is 12.1 Å². The summed E-state index contributed by atoms with van der Waals surface area (Å²) in [5, 5.41) is 3.50. The molecule has 1 heterocycles. The molecule has 70 valence electrons. The summed E-state index contributed by atoms with van der Waals surface area (Å²) >= 11 is 0. The van der Waals surface area contributed by atoms with Crippen molar-refractivity contribution in [2.24, 2.45) is 11.7 Å². The predicted octanol–water partition coefficient (Wildman–Crippen LogP) is 0.102. The Hall–Kier alpha value is -0.120. The van der Waals surface area contributed by atoms with Crippen molar-refractivity contribution >= 4 is 0 Å². The highest BCUT2D eigenvalue weighted by atomic mass is 16.5. The molecule has 0 aromatic rings. The van der Waals surface area contributed by atoms with E-state index in [9.17, 15) is 0 Å². The zero-order valence-electron chi connectivity index (χ0n) is 7.46. The van der Waals surface area contributed by atoms with Crippen LogP contribution < -0.4 is 11.1 Å². The second-order valence-corrected chi connectivity index (χ2v) is 3.97. The highest BCUT2D eigenvalue weighted by Gasteiger charge is 2.29. The molecule has 3 N–H and O–H groups in total. The number of ether oxygens (including phenoxy) is 1. The molecule has 0 aromatic carbocycles. The largest absolute Gasteiger partial charge is 0.379 e. The van der Waals surface area contributed by atoms with Crippen molar-refractivity contribution in [2.75, 3.05) is 19.8 Å². The van der Waals surface area contributed by atoms with E-state index in [4.69, 9.17) is 10.5 Å². The Morgan fingerprint density at radius 2 is 2.25 bits per heavy atom. The standard InChI is InChI=1S/C9H18N2O/c10-8-2-1-7(5-8)9-6-12-4-3-11-9/h7-9,11H,1-6,10H2. The summed E-state index contributed by atoms with van der Waals surface area (Å²) in [6.07, 6.45) is 3.66. The van der Waals surface area contributed by atoms with Crippen LogP contribution >= 0.6 is 0 Å². The first-order valence-corrected chi connectivity index (χ1v) is 4.93. The fourth-order valence-electron chi connectivity index (χ4n) is 2.31. The van der Waals surface area contributed by atoms with Gasteiger partial charge in [-0.2, -0.15) is 0 Å². The smallest absolute Gasteiger partial charge is 0.0622 e. The van der Waals surface area contributed by atoms with E-state index in [-0.39, 0.29) is 0 Å². The van der Waals surface area contributed by atoms with Gasteiger partial charge < -0.3 is 15.8 Å². The number of hydrogen-bond donors (Lipinski definition) is 2. The zero-order chi connectivity index (χ0) is 8.39. The van der Waals surface area contributed by atoms with Gasteiger partial charge >= 0.3 is 0 Å². The van der Waals surface area contributed by atoms with Crippen LogP contribution in [0.1, 0.15) is 19.3 Å². The van der Waals surface area contributed by atoms with Crippen LogP contribution in [0.3, 0.4) is 0 Å². The lowest BCUT2D eigenvalue weighted by molar-refractivity contribution is 0.0573. The van der Waals surface area contributed by atoms with Crippen LogP contribution in [-0.2, 0) is 4.74 Å². The molecule has 3 unspecified atom stereocenters. The summed E-state index contributed by atoms with van der Waals surface area (Å²) in [5.41, 5.74) is 5.86. The van der Waals surface area contributed by atoms with Gasteiger partial charge in [0.15, 0.2) is 0 Å². The maximum Gasteiger partial charge on any atom is 0.0622 e. The molecule has 3 nitrogen and oxygen atoms in total. The summed E-state index contributed by atoms with van der Waals surface area (Å²) in [4.78, 5) is 0. The van der Waals surface area contributed by atoms with Gasteiger partial charge in [0.05, 0.1) is 13.2 Å². The minimum absolute atomic E-state index is 0.443. The molecule has 3 heteroatoms. The lowest BCUT2D eigenvalue weighted by atomic mass is 9.98. The first-order valence-electron chi connectivity index (χ1n) is 4.93. The van der Waals surface area contributed by atoms with Crippen molar-refractivity contribution in [3.05, 3.63) is 0 Å². The van der Waals surface area contributed by atoms with Gasteiger partial charge in [-0.15, -0.1) is 0 Å². The second-order valence-electron chi connectivity index (χ2n) is 3.97. The number of nitrogens with two attached hydrogens (primary N) is 1. The summed E-state index contributed by atoms with van der Waals surface area (Å²) < 4.78 is 5.43. The molecule has 1 aliphatic heterocycles. The maximum absolute atomic E-state index is 5.86. The molecule has 1 aliphatic carbocycles. The fraction of sp³-hybridized carbons (Fsp3) is 1.00. The Kier molecular flexibility index (Phi) is 2.63. The predicted molar refractivity (Wildman–Crippen MR) is 47.9 cm³/mol. The lowest BCUT2D eigenvalue weighted by Crippen LogP contribution is -2.45. The maximum atomic E-state index is 5.86. The molecule has 1 saturated heterocycles. The Morgan fingerprint density at radius 1 is 1.33 bits per heavy atom. The molecule has 0 amide bonds. The number of nitrogens with one attached hydrogen (secondary N) is 1. The average Bonchev–Trinajstić information content (AvgIpc) is 2.54. The molecule has 12 heavy (non-hydrogen) atoms. The van der Waals surface area contributed by atoms with Crippen LogP contribution in [-0.4, -0.2) is 31.8 Å². The van der Waals surface area contributed by atoms with Gasteiger partial charge in [0.25, 0.3) is 0 Å². The molecule has 3 atom stereocenters. The van der Waals surface area contributed by atoms with E-state index in [1.807, 2.05) is 0 Å². The van der Waals surface area contributed by atoms with E-state index >= 15 is 0 Å². The Morgan fingerprint density at radius 3 is 2.83 bits per heavy atom. The number of hydrogen-bond acceptors (Lipinski definition) is 3. The van der Waals surface area contributed by atoms with Crippen molar-refractivity contribution in [3.8, 4) is 0 Å². The monoisotopic (exact) mass is 170 g/mol. The van der Waals surface area contributed by atoms with Crippen LogP contribution in [0.15, 0.2) is 0 Å². The summed E-state index contributed by atoms with van der Waals surface area (Å²) in [7, 11) is 0. The molecular formula is C9H18N2O. The molecule has 1 saturated carbocycles. The van der Waals surface area contributed by atoms with Gasteiger partial charge in [-0.25, -0.2) is 0 Å². The van der Waals surface area contributed by atoms with E-state index in [2.05, 4.69) is 5.32 Å². The summed E-state index contributed by atoms with van der Waals surface area (Å²) in [6, 6.07) is 1.02. The van der Waals surface area contributed by atoms with E-state index < -0.39 is 0 Å². The van der Waals surface area contributed by atoms with Gasteiger partial charge in [0.1, 0.15) is 0 Å². The van der Waals surface area contributed by atoms with Crippen LogP contribution in [0.2, 0.25) is 0 Å². The highest BCUT2D eigenvalue weighted by Crippen LogP contribution is 2.27. The average molecular weight is 170 g/mol. The number of morpholine rings is 1. The van der Waals surface area contributed by atoms with Crippen LogP contribution in [0.4, 0.5) is 0 Å². The topological polar surface area (TPSA) is 47.3 Å². The first kappa shape index (κ1) is 8.48. The van der Waals surface area contributed by atoms with Crippen LogP contribution in [0.5, 0.6) is 0 Å². The quantitative estimate of drug-likeness (QED) is 0.587. The van der Waals surface area contributed by atoms with E-state index in [1.165, 1.54) is 19.3 Å². The number of rotatable bonds is 1. The van der Waals surface area contributed by atoms with Crippen LogP contribution in [0.25, 0.3) is 0 Å². The fourth-order valence-corrected chi connectivity index (χ4v) is 2.31. The second kappa shape index (κ2) is 3.73. The Bertz CT molecular complexity index is 143. The van der Waals surface area contributed by atoms with Crippen molar-refractivity contribution in [1.82, 2.24) is 5.32 Å². The Labute approximate surface area is 73.7 Å². The minimum atomic E-state index is 0.443. The molecule has 0 aromatic heterocycles. The van der Waals surface area contributed by atoms with Crippen molar-refractivity contribution in [3.63, 3.8) is 0 Å². The molecule has 2 rings (SSSR count). The first-order chi connectivity index (χ1) is 5.86.